The summed E-state index contributed by atoms with van der Waals surface area (Å²) >= 11 is 4.67. The number of hydrogen-bond acceptors (Lipinski definition) is 4. The molecule has 0 spiro atoms. The number of benzene rings is 1. The summed E-state index contributed by atoms with van der Waals surface area (Å²) < 4.78 is 24.2. The van der Waals surface area contributed by atoms with Gasteiger partial charge in [-0.2, -0.15) is 4.21 Å². The van der Waals surface area contributed by atoms with Crippen LogP contribution in [0.1, 0.15) is 26.7 Å². The fraction of sp³-hybridized carbons (Fsp3) is 0.438. The molecule has 136 valence electrons. The van der Waals surface area contributed by atoms with E-state index in [2.05, 4.69) is 0 Å². The van der Waals surface area contributed by atoms with Gasteiger partial charge in [0, 0.05) is 31.4 Å². The average molecular weight is 385 g/mol. The molecule has 0 bridgehead atoms. The molecule has 2 aliphatic heterocycles. The molecule has 3 atom stereocenters. The molecule has 0 N–H and O–H groups in total. The highest BCUT2D eigenvalue weighted by Crippen LogP contribution is 2.32. The van der Waals surface area contributed by atoms with E-state index in [0.717, 1.165) is 11.2 Å². The van der Waals surface area contributed by atoms with Gasteiger partial charge in [0.2, 0.25) is 0 Å². The number of fused-ring (bicyclic) bond motifs is 1. The van der Waals surface area contributed by atoms with Crippen LogP contribution < -0.4 is 4.74 Å². The van der Waals surface area contributed by atoms with E-state index in [1.807, 2.05) is 37.3 Å². The quantitative estimate of drug-likeness (QED) is 0.444. The lowest BCUT2D eigenvalue weighted by Gasteiger charge is -2.31. The zero-order chi connectivity index (χ0) is 18.1. The minimum absolute atomic E-state index is 0.272. The van der Waals surface area contributed by atoms with Gasteiger partial charge in [0.1, 0.15) is 5.75 Å². The summed E-state index contributed by atoms with van der Waals surface area (Å²) in [5.74, 6) is 0.928. The van der Waals surface area contributed by atoms with E-state index in [-0.39, 0.29) is 5.84 Å². The number of nitrogens with zero attached hydrogens (tertiary/aromatic N) is 4. The van der Waals surface area contributed by atoms with E-state index in [0.29, 0.717) is 17.9 Å². The molecule has 3 rings (SSSR count). The van der Waals surface area contributed by atoms with Gasteiger partial charge in [-0.3, -0.25) is 4.31 Å². The predicted molar refractivity (Wildman–Crippen MR) is 97.4 cm³/mol. The fourth-order valence-corrected chi connectivity index (χ4v) is 4.13. The van der Waals surface area contributed by atoms with Gasteiger partial charge in [0.15, 0.2) is 11.9 Å². The van der Waals surface area contributed by atoms with Gasteiger partial charge >= 0.3 is 17.0 Å². The third kappa shape index (κ3) is 3.16. The summed E-state index contributed by atoms with van der Waals surface area (Å²) in [5, 5.41) is 12.6. The minimum Gasteiger partial charge on any atom is -0.713 e. The van der Waals surface area contributed by atoms with Gasteiger partial charge in [-0.15, -0.1) is 4.31 Å². The number of hydroxylamine groups is 1. The standard InChI is InChI=1S/C16H21ClN4O3S/c1-4-8-15(24-13-9-6-5-7-10-13)21-16-14(11-18(3)25(21)23)19(17)12(2)20(16)22/h5-7,9-12,15H,4,8H2,1-3H3. The Morgan fingerprint density at radius 2 is 2.08 bits per heavy atom. The third-order valence-electron chi connectivity index (χ3n) is 4.08. The van der Waals surface area contributed by atoms with E-state index in [1.165, 1.54) is 13.0 Å². The topological polar surface area (TPSA) is 62.1 Å². The molecule has 9 heteroatoms. The molecule has 1 aromatic carbocycles. The summed E-state index contributed by atoms with van der Waals surface area (Å²) in [4.78, 5) is 0. The van der Waals surface area contributed by atoms with Crippen molar-refractivity contribution in [2.24, 2.45) is 0 Å². The molecule has 0 amide bonds. The van der Waals surface area contributed by atoms with E-state index in [9.17, 15) is 9.42 Å². The molecular weight excluding hydrogens is 364 g/mol. The molecule has 25 heavy (non-hydrogen) atoms. The van der Waals surface area contributed by atoms with Crippen LogP contribution in [-0.2, 0) is 11.2 Å². The first-order valence-corrected chi connectivity index (χ1v) is 9.52. The SMILES string of the molecule is CCCC(Oc1ccccc1)N1C2=[N+]([O-])C(C)N(Cl)C2=CN(C)S1=O. The first kappa shape index (κ1) is 17.9. The van der Waals surface area contributed by atoms with Gasteiger partial charge in [0.25, 0.3) is 6.23 Å². The zero-order valence-corrected chi connectivity index (χ0v) is 15.9. The molecule has 0 saturated heterocycles. The molecule has 2 heterocycles. The number of hydrogen-bond donors (Lipinski definition) is 0. The second kappa shape index (κ2) is 7.13. The van der Waals surface area contributed by atoms with Crippen molar-refractivity contribution in [3.8, 4) is 5.75 Å². The highest BCUT2D eigenvalue weighted by Gasteiger charge is 2.50. The highest BCUT2D eigenvalue weighted by molar-refractivity contribution is 7.81. The first-order chi connectivity index (χ1) is 12.0. The van der Waals surface area contributed by atoms with Crippen molar-refractivity contribution in [3.05, 3.63) is 47.4 Å². The van der Waals surface area contributed by atoms with Gasteiger partial charge in [-0.05, 0) is 25.5 Å². The molecular formula is C16H21ClN4O3S. The lowest BCUT2D eigenvalue weighted by molar-refractivity contribution is -0.507. The molecule has 0 saturated carbocycles. The Morgan fingerprint density at radius 1 is 1.40 bits per heavy atom. The maximum Gasteiger partial charge on any atom is 0.321 e. The van der Waals surface area contributed by atoms with Crippen LogP contribution in [0.4, 0.5) is 0 Å². The van der Waals surface area contributed by atoms with Crippen molar-refractivity contribution in [1.29, 1.82) is 0 Å². The smallest absolute Gasteiger partial charge is 0.321 e. The Bertz CT molecular complexity index is 727. The Morgan fingerprint density at radius 3 is 2.72 bits per heavy atom. The second-order valence-electron chi connectivity index (χ2n) is 5.88. The number of ether oxygens (including phenoxy) is 1. The largest absolute Gasteiger partial charge is 0.713 e. The Labute approximate surface area is 155 Å². The van der Waals surface area contributed by atoms with Crippen LogP contribution in [0.2, 0.25) is 0 Å². The van der Waals surface area contributed by atoms with Crippen LogP contribution in [0, 0.1) is 5.21 Å². The van der Waals surface area contributed by atoms with Crippen molar-refractivity contribution >= 4 is 28.8 Å². The summed E-state index contributed by atoms with van der Waals surface area (Å²) in [6.45, 7) is 3.71. The predicted octanol–water partition coefficient (Wildman–Crippen LogP) is 2.58. The Kier molecular flexibility index (Phi) is 5.10. The third-order valence-corrected chi connectivity index (χ3v) is 5.88. The van der Waals surface area contributed by atoms with Crippen molar-refractivity contribution in [3.63, 3.8) is 0 Å². The zero-order valence-electron chi connectivity index (χ0n) is 14.3. The summed E-state index contributed by atoms with van der Waals surface area (Å²) in [5.41, 5.74) is 0.518. The molecule has 2 aliphatic rings. The van der Waals surface area contributed by atoms with E-state index in [1.54, 1.807) is 20.2 Å². The van der Waals surface area contributed by atoms with Crippen LogP contribution >= 0.6 is 11.8 Å². The maximum absolute atomic E-state index is 12.9. The monoisotopic (exact) mass is 384 g/mol. The van der Waals surface area contributed by atoms with Gasteiger partial charge in [-0.25, -0.2) is 9.16 Å². The van der Waals surface area contributed by atoms with Crippen molar-refractivity contribution < 1.29 is 13.7 Å². The molecule has 0 aromatic heterocycles. The van der Waals surface area contributed by atoms with E-state index >= 15 is 0 Å². The molecule has 0 aliphatic carbocycles. The van der Waals surface area contributed by atoms with E-state index < -0.39 is 23.6 Å². The number of amidine groups is 1. The molecule has 1 aromatic rings. The van der Waals surface area contributed by atoms with Crippen LogP contribution in [0.5, 0.6) is 5.75 Å². The summed E-state index contributed by atoms with van der Waals surface area (Å²) in [6, 6.07) is 9.30. The van der Waals surface area contributed by atoms with Crippen LogP contribution in [0.3, 0.4) is 0 Å². The van der Waals surface area contributed by atoms with Crippen molar-refractivity contribution in [1.82, 2.24) is 13.0 Å². The summed E-state index contributed by atoms with van der Waals surface area (Å²) in [7, 11) is 1.68. The summed E-state index contributed by atoms with van der Waals surface area (Å²) in [6.07, 6.45) is 1.89. The maximum atomic E-state index is 12.9. The number of para-hydroxylation sites is 1. The number of rotatable bonds is 5. The molecule has 3 unspecified atom stereocenters. The van der Waals surface area contributed by atoms with Crippen LogP contribution in [0.25, 0.3) is 0 Å². The van der Waals surface area contributed by atoms with Gasteiger partial charge < -0.3 is 9.94 Å². The van der Waals surface area contributed by atoms with Crippen molar-refractivity contribution in [2.45, 2.75) is 39.1 Å². The average Bonchev–Trinajstić information content (AvgIpc) is 2.81. The second-order valence-corrected chi connectivity index (χ2v) is 7.68. The fourth-order valence-electron chi connectivity index (χ4n) is 2.80. The normalized spacial score (nSPS) is 24.3. The van der Waals surface area contributed by atoms with Gasteiger partial charge in [0.05, 0.1) is 0 Å². The lowest BCUT2D eigenvalue weighted by Crippen LogP contribution is -2.52. The Hall–Kier alpha value is -1.93. The lowest BCUT2D eigenvalue weighted by atomic mass is 10.3. The van der Waals surface area contributed by atoms with Gasteiger partial charge in [-0.1, -0.05) is 25.1 Å². The molecule has 0 radical (unpaired) electrons. The number of halogens is 1. The van der Waals surface area contributed by atoms with Crippen molar-refractivity contribution in [2.75, 3.05) is 7.05 Å². The Balaban J connectivity index is 2.01. The first-order valence-electron chi connectivity index (χ1n) is 8.12. The van der Waals surface area contributed by atoms with Crippen LogP contribution in [0.15, 0.2) is 42.2 Å². The van der Waals surface area contributed by atoms with E-state index in [4.69, 9.17) is 16.5 Å². The van der Waals surface area contributed by atoms with Crippen LogP contribution in [-0.4, -0.2) is 47.3 Å². The molecule has 7 nitrogen and oxygen atoms in total. The highest BCUT2D eigenvalue weighted by atomic mass is 35.5. The molecule has 0 fully saturated rings. The minimum atomic E-state index is -1.59.